The molecule has 9 nitrogen and oxygen atoms in total. The molecule has 0 aromatic carbocycles. The van der Waals surface area contributed by atoms with Crippen LogP contribution in [0.1, 0.15) is 194 Å². The molecular weight excluding hydrogens is 596 g/mol. The van der Waals surface area contributed by atoms with Gasteiger partial charge in [0.05, 0.1) is 0 Å². The van der Waals surface area contributed by atoms with E-state index >= 15 is 0 Å². The Morgan fingerprint density at radius 2 is 0.872 bits per heavy atom. The summed E-state index contributed by atoms with van der Waals surface area (Å²) in [5.41, 5.74) is 0. The number of hydrogen-bond donors (Lipinski definition) is 1. The van der Waals surface area contributed by atoms with E-state index in [1.54, 1.807) is 0 Å². The number of aliphatic carboxylic acids is 1. The molecule has 1 aliphatic rings. The molecule has 0 bridgehead atoms. The van der Waals surface area contributed by atoms with Crippen molar-refractivity contribution in [3.8, 4) is 0 Å². The molecule has 0 radical (unpaired) electrons. The van der Waals surface area contributed by atoms with Gasteiger partial charge in [0.1, 0.15) is 25.6 Å². The minimum atomic E-state index is -1.37. The van der Waals surface area contributed by atoms with Gasteiger partial charge in [-0.1, -0.05) is 162 Å². The van der Waals surface area contributed by atoms with E-state index in [0.29, 0.717) is 9.80 Å². The standard InChI is InChI=1S/C38H68N2O7/c1-3-5-7-9-11-13-15-16-17-18-19-21-23-25-27-29-33(28-26-24-22-20-14-12-10-8-6-4-2)47-37(45)32-40-35(42)30-34(41)39(38(40)46)31-36(43)44/h33H,3-32H2,1-2H3,(H,43,44). The third-order valence-corrected chi connectivity index (χ3v) is 9.25. The van der Waals surface area contributed by atoms with Crippen molar-refractivity contribution < 1.29 is 33.8 Å². The summed E-state index contributed by atoms with van der Waals surface area (Å²) in [5, 5.41) is 9.04. The minimum absolute atomic E-state index is 0.287. The van der Waals surface area contributed by atoms with Crippen LogP contribution >= 0.6 is 0 Å². The molecule has 1 rings (SSSR count). The van der Waals surface area contributed by atoms with Crippen molar-refractivity contribution in [2.75, 3.05) is 13.1 Å². The summed E-state index contributed by atoms with van der Waals surface area (Å²) in [5.74, 6) is -3.76. The summed E-state index contributed by atoms with van der Waals surface area (Å²) >= 11 is 0. The van der Waals surface area contributed by atoms with Crippen molar-refractivity contribution in [1.29, 1.82) is 0 Å². The molecule has 0 spiro atoms. The van der Waals surface area contributed by atoms with Gasteiger partial charge in [-0.05, 0) is 25.7 Å². The first-order valence-corrected chi connectivity index (χ1v) is 19.4. The number of urea groups is 1. The van der Waals surface area contributed by atoms with Crippen LogP contribution in [0.5, 0.6) is 0 Å². The lowest BCUT2D eigenvalue weighted by molar-refractivity contribution is -0.156. The molecule has 1 saturated heterocycles. The average Bonchev–Trinajstić information content (AvgIpc) is 3.03. The molecule has 1 heterocycles. The van der Waals surface area contributed by atoms with Crippen molar-refractivity contribution in [2.45, 2.75) is 200 Å². The fourth-order valence-corrected chi connectivity index (χ4v) is 6.34. The second-order valence-electron chi connectivity index (χ2n) is 13.6. The first-order valence-electron chi connectivity index (χ1n) is 19.4. The van der Waals surface area contributed by atoms with Crippen LogP contribution in [0.3, 0.4) is 0 Å². The van der Waals surface area contributed by atoms with Crippen LogP contribution in [0.15, 0.2) is 0 Å². The fraction of sp³-hybridized carbons (Fsp3) is 0.868. The summed E-state index contributed by atoms with van der Waals surface area (Å²) in [7, 11) is 0. The largest absolute Gasteiger partial charge is 0.480 e. The third kappa shape index (κ3) is 21.9. The number of carbonyl (C=O) groups excluding carboxylic acids is 4. The predicted molar refractivity (Wildman–Crippen MR) is 187 cm³/mol. The lowest BCUT2D eigenvalue weighted by Crippen LogP contribution is -2.57. The molecule has 272 valence electrons. The van der Waals surface area contributed by atoms with Crippen LogP contribution in [0.25, 0.3) is 0 Å². The second kappa shape index (κ2) is 28.6. The van der Waals surface area contributed by atoms with E-state index in [1.165, 1.54) is 128 Å². The maximum absolute atomic E-state index is 12.9. The highest BCUT2D eigenvalue weighted by Gasteiger charge is 2.40. The van der Waals surface area contributed by atoms with Gasteiger partial charge in [-0.2, -0.15) is 0 Å². The summed E-state index contributed by atoms with van der Waals surface area (Å²) in [6.07, 6.45) is 32.0. The Kier molecular flexibility index (Phi) is 25.9. The van der Waals surface area contributed by atoms with E-state index in [-0.39, 0.29) is 6.10 Å². The van der Waals surface area contributed by atoms with Gasteiger partial charge in [0, 0.05) is 0 Å². The number of ether oxygens (including phenoxy) is 1. The van der Waals surface area contributed by atoms with Crippen molar-refractivity contribution in [3.63, 3.8) is 0 Å². The Morgan fingerprint density at radius 1 is 0.553 bits per heavy atom. The van der Waals surface area contributed by atoms with E-state index in [1.807, 2.05) is 0 Å². The number of carboxylic acids is 1. The minimum Gasteiger partial charge on any atom is -0.480 e. The number of nitrogens with zero attached hydrogens (tertiary/aromatic N) is 2. The SMILES string of the molecule is CCCCCCCCCCCCCCCCCC(CCCCCCCCCCCC)OC(=O)CN1C(=O)CC(=O)N(CC(=O)O)C1=O. The van der Waals surface area contributed by atoms with Gasteiger partial charge in [0.15, 0.2) is 0 Å². The van der Waals surface area contributed by atoms with Crippen LogP contribution in [-0.4, -0.2) is 63.9 Å². The van der Waals surface area contributed by atoms with E-state index < -0.39 is 49.3 Å². The average molecular weight is 665 g/mol. The zero-order chi connectivity index (χ0) is 34.5. The molecule has 0 aromatic rings. The maximum atomic E-state index is 12.9. The van der Waals surface area contributed by atoms with Crippen molar-refractivity contribution in [1.82, 2.24) is 9.80 Å². The smallest absolute Gasteiger partial charge is 0.334 e. The lowest BCUT2D eigenvalue weighted by atomic mass is 10.0. The lowest BCUT2D eigenvalue weighted by Gasteiger charge is -2.31. The zero-order valence-corrected chi connectivity index (χ0v) is 30.1. The molecule has 0 saturated carbocycles. The quantitative estimate of drug-likeness (QED) is 0.0432. The Morgan fingerprint density at radius 3 is 1.21 bits per heavy atom. The predicted octanol–water partition coefficient (Wildman–Crippen LogP) is 9.74. The van der Waals surface area contributed by atoms with Crippen molar-refractivity contribution >= 4 is 29.8 Å². The molecule has 0 aromatic heterocycles. The number of rotatable bonds is 32. The maximum Gasteiger partial charge on any atom is 0.334 e. The van der Waals surface area contributed by atoms with Crippen LogP contribution in [0.4, 0.5) is 4.79 Å². The molecule has 1 aliphatic heterocycles. The number of carbonyl (C=O) groups is 5. The Bertz CT molecular complexity index is 878. The van der Waals surface area contributed by atoms with E-state index in [4.69, 9.17) is 9.84 Å². The van der Waals surface area contributed by atoms with E-state index in [0.717, 1.165) is 44.9 Å². The van der Waals surface area contributed by atoms with E-state index in [9.17, 15) is 24.0 Å². The number of carboxylic acid groups (broad SMARTS) is 1. The van der Waals surface area contributed by atoms with E-state index in [2.05, 4.69) is 13.8 Å². The zero-order valence-electron chi connectivity index (χ0n) is 30.1. The first kappa shape index (κ1) is 42.6. The van der Waals surface area contributed by atoms with Crippen molar-refractivity contribution in [3.05, 3.63) is 0 Å². The molecule has 1 N–H and O–H groups in total. The van der Waals surface area contributed by atoms with Gasteiger partial charge < -0.3 is 9.84 Å². The molecule has 0 aliphatic carbocycles. The number of hydrogen-bond acceptors (Lipinski definition) is 6. The Hall–Kier alpha value is -2.45. The topological polar surface area (TPSA) is 121 Å². The van der Waals surface area contributed by atoms with Crippen LogP contribution in [0.2, 0.25) is 0 Å². The normalized spacial score (nSPS) is 14.2. The Labute approximate surface area is 285 Å². The number of imide groups is 2. The summed E-state index contributed by atoms with van der Waals surface area (Å²) in [6, 6.07) is -1.08. The molecule has 1 atom stereocenters. The number of esters is 1. The van der Waals surface area contributed by atoms with Crippen LogP contribution in [-0.2, 0) is 23.9 Å². The van der Waals surface area contributed by atoms with Gasteiger partial charge in [0.25, 0.3) is 0 Å². The van der Waals surface area contributed by atoms with Crippen molar-refractivity contribution in [2.24, 2.45) is 0 Å². The van der Waals surface area contributed by atoms with Crippen LogP contribution < -0.4 is 0 Å². The highest BCUT2D eigenvalue weighted by atomic mass is 16.5. The van der Waals surface area contributed by atoms with Gasteiger partial charge in [0.2, 0.25) is 11.8 Å². The Balaban J connectivity index is 2.41. The summed E-state index contributed by atoms with van der Waals surface area (Å²) in [6.45, 7) is 3.02. The molecule has 1 fully saturated rings. The monoisotopic (exact) mass is 665 g/mol. The summed E-state index contributed by atoms with van der Waals surface area (Å²) < 4.78 is 5.79. The highest BCUT2D eigenvalue weighted by Crippen LogP contribution is 2.20. The van der Waals surface area contributed by atoms with Gasteiger partial charge >= 0.3 is 18.0 Å². The van der Waals surface area contributed by atoms with Crippen LogP contribution in [0, 0.1) is 0 Å². The molecule has 9 heteroatoms. The molecule has 4 amide bonds. The number of amides is 4. The first-order chi connectivity index (χ1) is 22.8. The molecular formula is C38H68N2O7. The van der Waals surface area contributed by atoms with Gasteiger partial charge in [-0.15, -0.1) is 0 Å². The number of unbranched alkanes of at least 4 members (excludes halogenated alkanes) is 23. The fourth-order valence-electron chi connectivity index (χ4n) is 6.34. The molecule has 1 unspecified atom stereocenters. The second-order valence-corrected chi connectivity index (χ2v) is 13.6. The molecule has 47 heavy (non-hydrogen) atoms. The highest BCUT2D eigenvalue weighted by molar-refractivity contribution is 6.15. The third-order valence-electron chi connectivity index (χ3n) is 9.25. The summed E-state index contributed by atoms with van der Waals surface area (Å²) in [4.78, 5) is 62.1. The number of barbiturate groups is 1. The van der Waals surface area contributed by atoms with Gasteiger partial charge in [-0.3, -0.25) is 29.0 Å². The van der Waals surface area contributed by atoms with Gasteiger partial charge in [-0.25, -0.2) is 4.79 Å².